The minimum absolute atomic E-state index is 0.0664. The van der Waals surface area contributed by atoms with Crippen molar-refractivity contribution in [2.75, 3.05) is 13.7 Å². The average molecular weight is 287 g/mol. The minimum Gasteiger partial charge on any atom is -0.444 e. The molecule has 0 heterocycles. The summed E-state index contributed by atoms with van der Waals surface area (Å²) in [5.41, 5.74) is -0.591. The summed E-state index contributed by atoms with van der Waals surface area (Å²) in [5, 5.41) is 12.1. The molecule has 5 heteroatoms. The van der Waals surface area contributed by atoms with Gasteiger partial charge in [-0.15, -0.1) is 0 Å². The summed E-state index contributed by atoms with van der Waals surface area (Å²) in [4.78, 5) is 11.7. The number of carbonyl (C=O) groups excluding carboxylic acids is 1. The maximum Gasteiger partial charge on any atom is 0.407 e. The fourth-order valence-corrected chi connectivity index (χ4v) is 2.70. The number of amides is 1. The van der Waals surface area contributed by atoms with Crippen molar-refractivity contribution < 1.29 is 19.4 Å². The first-order valence-corrected chi connectivity index (χ1v) is 7.46. The fraction of sp³-hybridized carbons (Fsp3) is 0.933. The van der Waals surface area contributed by atoms with Crippen LogP contribution in [0.4, 0.5) is 4.79 Å². The van der Waals surface area contributed by atoms with Crippen molar-refractivity contribution in [1.82, 2.24) is 5.32 Å². The molecule has 0 unspecified atom stereocenters. The molecule has 1 aliphatic carbocycles. The lowest BCUT2D eigenvalue weighted by molar-refractivity contribution is -0.0164. The van der Waals surface area contributed by atoms with E-state index in [1.54, 1.807) is 7.11 Å². The zero-order chi connectivity index (χ0) is 15.2. The van der Waals surface area contributed by atoms with Gasteiger partial charge in [0.05, 0.1) is 18.2 Å². The third-order valence-electron chi connectivity index (χ3n) is 3.84. The van der Waals surface area contributed by atoms with E-state index in [2.05, 4.69) is 5.32 Å². The molecule has 1 atom stereocenters. The molecule has 2 N–H and O–H groups in total. The van der Waals surface area contributed by atoms with Crippen LogP contribution in [0.5, 0.6) is 0 Å². The molecule has 0 aromatic heterocycles. The van der Waals surface area contributed by atoms with Crippen LogP contribution in [0.3, 0.4) is 0 Å². The van der Waals surface area contributed by atoms with Crippen molar-refractivity contribution in [1.29, 1.82) is 0 Å². The highest BCUT2D eigenvalue weighted by Gasteiger charge is 2.34. The Bertz CT molecular complexity index is 305. The van der Waals surface area contributed by atoms with Gasteiger partial charge in [0.15, 0.2) is 0 Å². The zero-order valence-corrected chi connectivity index (χ0v) is 13.2. The van der Waals surface area contributed by atoms with E-state index in [0.717, 1.165) is 19.3 Å². The lowest BCUT2D eigenvalue weighted by Crippen LogP contribution is -2.42. The van der Waals surface area contributed by atoms with E-state index >= 15 is 0 Å². The number of hydrogen-bond donors (Lipinski definition) is 2. The van der Waals surface area contributed by atoms with Gasteiger partial charge in [-0.1, -0.05) is 12.8 Å². The molecule has 1 fully saturated rings. The van der Waals surface area contributed by atoms with Gasteiger partial charge in [0.1, 0.15) is 5.60 Å². The lowest BCUT2D eigenvalue weighted by Gasteiger charge is -2.29. The molecule has 0 saturated heterocycles. The van der Waals surface area contributed by atoms with E-state index < -0.39 is 11.7 Å². The van der Waals surface area contributed by atoms with Gasteiger partial charge in [-0.05, 0) is 46.5 Å². The molecule has 0 aromatic rings. The summed E-state index contributed by atoms with van der Waals surface area (Å²) in [7, 11) is 1.75. The quantitative estimate of drug-likeness (QED) is 0.788. The molecule has 0 spiro atoms. The van der Waals surface area contributed by atoms with Crippen LogP contribution in [0.2, 0.25) is 0 Å². The Kier molecular flexibility index (Phi) is 6.27. The first kappa shape index (κ1) is 17.2. The number of rotatable bonds is 6. The second kappa shape index (κ2) is 7.27. The predicted molar refractivity (Wildman–Crippen MR) is 77.7 cm³/mol. The molecule has 0 aromatic carbocycles. The Balaban J connectivity index is 2.41. The number of carbonyl (C=O) groups is 1. The van der Waals surface area contributed by atoms with Gasteiger partial charge in [0.25, 0.3) is 0 Å². The number of aliphatic hydroxyl groups excluding tert-OH is 1. The number of methoxy groups -OCH3 is 1. The molecular weight excluding hydrogens is 258 g/mol. The van der Waals surface area contributed by atoms with Crippen LogP contribution in [0.15, 0.2) is 0 Å². The van der Waals surface area contributed by atoms with E-state index in [4.69, 9.17) is 9.47 Å². The second-order valence-electron chi connectivity index (χ2n) is 6.66. The lowest BCUT2D eigenvalue weighted by atomic mass is 9.93. The smallest absolute Gasteiger partial charge is 0.407 e. The summed E-state index contributed by atoms with van der Waals surface area (Å²) >= 11 is 0. The standard InChI is InChI=1S/C15H29NO4/c1-14(2,3)20-13(18)16-12(11-17)7-10-15(19-4)8-5-6-9-15/h12,17H,5-11H2,1-4H3,(H,16,18)/t12-/m0/s1. The molecule has 20 heavy (non-hydrogen) atoms. The number of aliphatic hydroxyl groups is 1. The maximum absolute atomic E-state index is 11.7. The first-order chi connectivity index (χ1) is 9.30. The number of ether oxygens (including phenoxy) is 2. The molecule has 118 valence electrons. The van der Waals surface area contributed by atoms with Crippen LogP contribution in [0.25, 0.3) is 0 Å². The summed E-state index contributed by atoms with van der Waals surface area (Å²) in [5.74, 6) is 0. The summed E-state index contributed by atoms with van der Waals surface area (Å²) in [6.45, 7) is 5.37. The minimum atomic E-state index is -0.525. The van der Waals surface area contributed by atoms with Gasteiger partial charge in [0, 0.05) is 7.11 Å². The van der Waals surface area contributed by atoms with E-state index in [1.807, 2.05) is 20.8 Å². The maximum atomic E-state index is 11.7. The molecule has 1 aliphatic rings. The average Bonchev–Trinajstić information content (AvgIpc) is 2.81. The molecule has 5 nitrogen and oxygen atoms in total. The van der Waals surface area contributed by atoms with Crippen LogP contribution in [0.1, 0.15) is 59.3 Å². The highest BCUT2D eigenvalue weighted by Crippen LogP contribution is 2.36. The Morgan fingerprint density at radius 1 is 1.35 bits per heavy atom. The summed E-state index contributed by atoms with van der Waals surface area (Å²) in [6, 6.07) is -0.280. The van der Waals surface area contributed by atoms with Gasteiger partial charge >= 0.3 is 6.09 Å². The predicted octanol–water partition coefficient (Wildman–Crippen LogP) is 2.61. The highest BCUT2D eigenvalue weighted by atomic mass is 16.6. The van der Waals surface area contributed by atoms with Gasteiger partial charge in [-0.25, -0.2) is 4.79 Å². The monoisotopic (exact) mass is 287 g/mol. The van der Waals surface area contributed by atoms with Gasteiger partial charge in [-0.3, -0.25) is 0 Å². The molecule has 0 bridgehead atoms. The molecule has 0 radical (unpaired) electrons. The van der Waals surface area contributed by atoms with Crippen LogP contribution < -0.4 is 5.32 Å². The van der Waals surface area contributed by atoms with Crippen molar-refractivity contribution in [3.8, 4) is 0 Å². The highest BCUT2D eigenvalue weighted by molar-refractivity contribution is 5.68. The van der Waals surface area contributed by atoms with Crippen molar-refractivity contribution in [2.45, 2.75) is 76.5 Å². The normalized spacial score (nSPS) is 19.6. The van der Waals surface area contributed by atoms with E-state index in [9.17, 15) is 9.90 Å². The molecular formula is C15H29NO4. The van der Waals surface area contributed by atoms with Gasteiger partial charge < -0.3 is 19.9 Å². The summed E-state index contributed by atoms with van der Waals surface area (Å²) < 4.78 is 10.9. The van der Waals surface area contributed by atoms with Crippen molar-refractivity contribution in [2.24, 2.45) is 0 Å². The Hall–Kier alpha value is -0.810. The molecule has 1 rings (SSSR count). The van der Waals surface area contributed by atoms with Crippen molar-refractivity contribution >= 4 is 6.09 Å². The largest absolute Gasteiger partial charge is 0.444 e. The van der Waals surface area contributed by atoms with Gasteiger partial charge in [0.2, 0.25) is 0 Å². The van der Waals surface area contributed by atoms with Crippen LogP contribution in [-0.2, 0) is 9.47 Å². The van der Waals surface area contributed by atoms with Crippen LogP contribution >= 0.6 is 0 Å². The number of alkyl carbamates (subject to hydrolysis) is 1. The number of nitrogens with one attached hydrogen (secondary N) is 1. The van der Waals surface area contributed by atoms with E-state index in [0.29, 0.717) is 6.42 Å². The van der Waals surface area contributed by atoms with E-state index in [1.165, 1.54) is 12.8 Å². The molecule has 0 aliphatic heterocycles. The third-order valence-corrected chi connectivity index (χ3v) is 3.84. The fourth-order valence-electron chi connectivity index (χ4n) is 2.70. The van der Waals surface area contributed by atoms with Crippen molar-refractivity contribution in [3.05, 3.63) is 0 Å². The second-order valence-corrected chi connectivity index (χ2v) is 6.66. The van der Waals surface area contributed by atoms with E-state index in [-0.39, 0.29) is 18.2 Å². The summed E-state index contributed by atoms with van der Waals surface area (Å²) in [6.07, 6.45) is 5.58. The Morgan fingerprint density at radius 2 is 1.95 bits per heavy atom. The van der Waals surface area contributed by atoms with Crippen molar-refractivity contribution in [3.63, 3.8) is 0 Å². The molecule has 1 saturated carbocycles. The molecule has 1 amide bonds. The Labute approximate surface area is 122 Å². The van der Waals surface area contributed by atoms with Crippen LogP contribution in [-0.4, -0.2) is 42.2 Å². The Morgan fingerprint density at radius 3 is 2.40 bits per heavy atom. The topological polar surface area (TPSA) is 67.8 Å². The first-order valence-electron chi connectivity index (χ1n) is 7.46. The SMILES string of the molecule is COC1(CC[C@@H](CO)NC(=O)OC(C)(C)C)CCCC1. The third kappa shape index (κ3) is 5.67. The van der Waals surface area contributed by atoms with Crippen LogP contribution in [0, 0.1) is 0 Å². The van der Waals surface area contributed by atoms with Gasteiger partial charge in [-0.2, -0.15) is 0 Å². The number of hydrogen-bond acceptors (Lipinski definition) is 4. The zero-order valence-electron chi connectivity index (χ0n) is 13.2.